The van der Waals surface area contributed by atoms with E-state index < -0.39 is 0 Å². The van der Waals surface area contributed by atoms with Gasteiger partial charge in [0.25, 0.3) is 0 Å². The second kappa shape index (κ2) is 7.54. The van der Waals surface area contributed by atoms with Crippen LogP contribution in [0.25, 0.3) is 0 Å². The first-order valence-corrected chi connectivity index (χ1v) is 7.65. The number of benzene rings is 1. The van der Waals surface area contributed by atoms with Crippen molar-refractivity contribution in [1.29, 1.82) is 0 Å². The Bertz CT molecular complexity index is 562. The van der Waals surface area contributed by atoms with Gasteiger partial charge in [0.05, 0.1) is 7.11 Å². The average Bonchev–Trinajstić information content (AvgIpc) is 2.47. The van der Waals surface area contributed by atoms with Gasteiger partial charge in [-0.3, -0.25) is 0 Å². The van der Waals surface area contributed by atoms with Crippen molar-refractivity contribution in [2.24, 2.45) is 0 Å². The Kier molecular flexibility index (Phi) is 5.72. The Labute approximate surface area is 133 Å². The van der Waals surface area contributed by atoms with E-state index in [-0.39, 0.29) is 6.04 Å². The molecule has 0 spiro atoms. The fourth-order valence-electron chi connectivity index (χ4n) is 2.11. The standard InChI is InChI=1S/C15H18IN3O/c1-3-17-14(12-6-4-5-7-13(12)16)8-11-9-15(20-2)19-10-18-11/h4-7,9-10,14,17H,3,8H2,1-2H3. The third kappa shape index (κ3) is 3.89. The zero-order valence-corrected chi connectivity index (χ0v) is 13.8. The van der Waals surface area contributed by atoms with Crippen LogP contribution >= 0.6 is 22.6 Å². The van der Waals surface area contributed by atoms with Crippen molar-refractivity contribution >= 4 is 22.6 Å². The van der Waals surface area contributed by atoms with Crippen LogP contribution in [-0.4, -0.2) is 23.6 Å². The highest BCUT2D eigenvalue weighted by molar-refractivity contribution is 14.1. The summed E-state index contributed by atoms with van der Waals surface area (Å²) in [4.78, 5) is 8.38. The minimum absolute atomic E-state index is 0.243. The number of nitrogens with one attached hydrogen (secondary N) is 1. The zero-order valence-electron chi connectivity index (χ0n) is 11.6. The number of ether oxygens (including phenoxy) is 1. The second-order valence-corrected chi connectivity index (χ2v) is 5.55. The van der Waals surface area contributed by atoms with Crippen LogP contribution in [0, 0.1) is 3.57 Å². The Morgan fingerprint density at radius 2 is 2.10 bits per heavy atom. The van der Waals surface area contributed by atoms with Crippen LogP contribution in [0.15, 0.2) is 36.7 Å². The quantitative estimate of drug-likeness (QED) is 0.780. The second-order valence-electron chi connectivity index (χ2n) is 4.39. The number of hydrogen-bond acceptors (Lipinski definition) is 4. The number of hydrogen-bond donors (Lipinski definition) is 1. The number of likely N-dealkylation sites (N-methyl/N-ethyl adjacent to an activating group) is 1. The maximum absolute atomic E-state index is 5.15. The molecule has 2 rings (SSSR count). The SMILES string of the molecule is CCNC(Cc1cc(OC)ncn1)c1ccccc1I. The molecule has 1 heterocycles. The van der Waals surface area contributed by atoms with Crippen molar-refractivity contribution in [3.8, 4) is 5.88 Å². The first kappa shape index (κ1) is 15.2. The fraction of sp³-hybridized carbons (Fsp3) is 0.333. The molecule has 5 heteroatoms. The molecule has 4 nitrogen and oxygen atoms in total. The van der Waals surface area contributed by atoms with E-state index in [1.807, 2.05) is 6.07 Å². The molecule has 0 aliphatic heterocycles. The number of aromatic nitrogens is 2. The summed E-state index contributed by atoms with van der Waals surface area (Å²) in [5.41, 5.74) is 2.27. The molecule has 0 aliphatic carbocycles. The van der Waals surface area contributed by atoms with Gasteiger partial charge in [-0.15, -0.1) is 0 Å². The normalized spacial score (nSPS) is 12.2. The first-order chi connectivity index (χ1) is 9.74. The summed E-state index contributed by atoms with van der Waals surface area (Å²) in [6.45, 7) is 3.03. The molecule has 1 unspecified atom stereocenters. The molecule has 20 heavy (non-hydrogen) atoms. The topological polar surface area (TPSA) is 47.0 Å². The molecule has 0 saturated carbocycles. The molecule has 0 fully saturated rings. The van der Waals surface area contributed by atoms with E-state index in [0.29, 0.717) is 5.88 Å². The predicted octanol–water partition coefficient (Wildman–Crippen LogP) is 2.98. The number of methoxy groups -OCH3 is 1. The van der Waals surface area contributed by atoms with Gasteiger partial charge in [0.2, 0.25) is 5.88 Å². The molecule has 1 aromatic heterocycles. The summed E-state index contributed by atoms with van der Waals surface area (Å²) < 4.78 is 6.41. The maximum Gasteiger partial charge on any atom is 0.216 e. The lowest BCUT2D eigenvalue weighted by Gasteiger charge is -2.19. The highest BCUT2D eigenvalue weighted by Crippen LogP contribution is 2.23. The van der Waals surface area contributed by atoms with E-state index in [1.54, 1.807) is 13.4 Å². The summed E-state index contributed by atoms with van der Waals surface area (Å²) in [5, 5.41) is 3.52. The third-order valence-corrected chi connectivity index (χ3v) is 4.03. The minimum Gasteiger partial charge on any atom is -0.481 e. The van der Waals surface area contributed by atoms with Crippen LogP contribution < -0.4 is 10.1 Å². The number of halogens is 1. The van der Waals surface area contributed by atoms with Gasteiger partial charge in [-0.05, 0) is 40.8 Å². The molecular formula is C15H18IN3O. The average molecular weight is 383 g/mol. The smallest absolute Gasteiger partial charge is 0.216 e. The zero-order chi connectivity index (χ0) is 14.4. The Balaban J connectivity index is 2.23. The lowest BCUT2D eigenvalue weighted by Crippen LogP contribution is -2.24. The fourth-order valence-corrected chi connectivity index (χ4v) is 2.87. The van der Waals surface area contributed by atoms with Crippen LogP contribution in [0.3, 0.4) is 0 Å². The summed E-state index contributed by atoms with van der Waals surface area (Å²) in [5.74, 6) is 0.605. The molecule has 0 bridgehead atoms. The van der Waals surface area contributed by atoms with E-state index >= 15 is 0 Å². The Morgan fingerprint density at radius 1 is 1.30 bits per heavy atom. The Hall–Kier alpha value is -1.21. The Morgan fingerprint density at radius 3 is 2.80 bits per heavy atom. The van der Waals surface area contributed by atoms with Gasteiger partial charge in [0.1, 0.15) is 6.33 Å². The number of rotatable bonds is 6. The van der Waals surface area contributed by atoms with Crippen LogP contribution in [0.2, 0.25) is 0 Å². The monoisotopic (exact) mass is 383 g/mol. The van der Waals surface area contributed by atoms with Crippen molar-refractivity contribution in [1.82, 2.24) is 15.3 Å². The minimum atomic E-state index is 0.243. The molecule has 1 aromatic carbocycles. The highest BCUT2D eigenvalue weighted by atomic mass is 127. The highest BCUT2D eigenvalue weighted by Gasteiger charge is 2.15. The molecule has 0 aliphatic rings. The first-order valence-electron chi connectivity index (χ1n) is 6.57. The molecule has 0 radical (unpaired) electrons. The van der Waals surface area contributed by atoms with Gasteiger partial charge in [0.15, 0.2) is 0 Å². The molecular weight excluding hydrogens is 365 g/mol. The maximum atomic E-state index is 5.15. The van der Waals surface area contributed by atoms with Crippen LogP contribution in [-0.2, 0) is 6.42 Å². The van der Waals surface area contributed by atoms with Crippen molar-refractivity contribution in [3.05, 3.63) is 51.5 Å². The summed E-state index contributed by atoms with van der Waals surface area (Å²) in [6.07, 6.45) is 2.36. The van der Waals surface area contributed by atoms with Crippen molar-refractivity contribution in [2.45, 2.75) is 19.4 Å². The molecule has 2 aromatic rings. The van der Waals surface area contributed by atoms with Gasteiger partial charge >= 0.3 is 0 Å². The summed E-state index contributed by atoms with van der Waals surface area (Å²) in [7, 11) is 1.62. The van der Waals surface area contributed by atoms with E-state index in [4.69, 9.17) is 4.74 Å². The molecule has 0 saturated heterocycles. The lowest BCUT2D eigenvalue weighted by atomic mass is 10.0. The lowest BCUT2D eigenvalue weighted by molar-refractivity contribution is 0.395. The van der Waals surface area contributed by atoms with Crippen molar-refractivity contribution in [2.75, 3.05) is 13.7 Å². The van der Waals surface area contributed by atoms with E-state index in [1.165, 1.54) is 9.13 Å². The summed E-state index contributed by atoms with van der Waals surface area (Å²) in [6, 6.07) is 10.5. The van der Waals surface area contributed by atoms with Crippen molar-refractivity contribution < 1.29 is 4.74 Å². The number of nitrogens with zero attached hydrogens (tertiary/aromatic N) is 2. The van der Waals surface area contributed by atoms with E-state index in [0.717, 1.165) is 18.7 Å². The molecule has 0 amide bonds. The predicted molar refractivity (Wildman–Crippen MR) is 87.9 cm³/mol. The van der Waals surface area contributed by atoms with Crippen LogP contribution in [0.5, 0.6) is 5.88 Å². The van der Waals surface area contributed by atoms with E-state index in [9.17, 15) is 0 Å². The van der Waals surface area contributed by atoms with Crippen LogP contribution in [0.4, 0.5) is 0 Å². The van der Waals surface area contributed by atoms with Crippen molar-refractivity contribution in [3.63, 3.8) is 0 Å². The molecule has 1 N–H and O–H groups in total. The van der Waals surface area contributed by atoms with Gasteiger partial charge in [-0.25, -0.2) is 9.97 Å². The van der Waals surface area contributed by atoms with E-state index in [2.05, 4.69) is 69.1 Å². The third-order valence-electron chi connectivity index (χ3n) is 3.05. The summed E-state index contributed by atoms with van der Waals surface area (Å²) >= 11 is 2.37. The van der Waals surface area contributed by atoms with Gasteiger partial charge < -0.3 is 10.1 Å². The van der Waals surface area contributed by atoms with Crippen LogP contribution in [0.1, 0.15) is 24.2 Å². The molecule has 106 valence electrons. The van der Waals surface area contributed by atoms with Gasteiger partial charge in [-0.2, -0.15) is 0 Å². The molecule has 1 atom stereocenters. The van der Waals surface area contributed by atoms with Gasteiger partial charge in [-0.1, -0.05) is 25.1 Å². The largest absolute Gasteiger partial charge is 0.481 e. The van der Waals surface area contributed by atoms with Gasteiger partial charge in [0, 0.05) is 27.8 Å².